The molecule has 0 amide bonds. The highest BCUT2D eigenvalue weighted by Crippen LogP contribution is 2.37. The van der Waals surface area contributed by atoms with E-state index in [4.69, 9.17) is 9.72 Å². The number of aromatic nitrogens is 4. The number of nitrogens with one attached hydrogen (secondary N) is 1. The average Bonchev–Trinajstić information content (AvgIpc) is 3.34. The Morgan fingerprint density at radius 3 is 2.73 bits per heavy atom. The van der Waals surface area contributed by atoms with Crippen molar-refractivity contribution in [2.24, 2.45) is 0 Å². The molecule has 30 heavy (non-hydrogen) atoms. The predicted molar refractivity (Wildman–Crippen MR) is 112 cm³/mol. The molecule has 160 valence electrons. The van der Waals surface area contributed by atoms with E-state index < -0.39 is 16.1 Å². The van der Waals surface area contributed by atoms with Crippen molar-refractivity contribution in [3.8, 4) is 0 Å². The zero-order valence-corrected chi connectivity index (χ0v) is 18.1. The molecule has 1 atom stereocenters. The largest absolute Gasteiger partial charge is 0.383 e. The minimum atomic E-state index is -3.80. The van der Waals surface area contributed by atoms with Crippen molar-refractivity contribution in [3.63, 3.8) is 0 Å². The molecular formula is C20H25N5O4S. The number of ether oxygens (including phenoxy) is 1. The van der Waals surface area contributed by atoms with Gasteiger partial charge in [0.2, 0.25) is 10.0 Å². The summed E-state index contributed by atoms with van der Waals surface area (Å²) in [6.07, 6.45) is 1.28. The number of para-hydroxylation sites is 1. The molecule has 1 aliphatic heterocycles. The summed E-state index contributed by atoms with van der Waals surface area (Å²) in [5, 5.41) is 7.30. The van der Waals surface area contributed by atoms with E-state index in [9.17, 15) is 13.2 Å². The number of rotatable bonds is 6. The van der Waals surface area contributed by atoms with Gasteiger partial charge in [0.1, 0.15) is 10.7 Å². The maximum atomic E-state index is 13.5. The van der Waals surface area contributed by atoms with Gasteiger partial charge >= 0.3 is 0 Å². The number of sulfonamides is 1. The normalized spacial score (nSPS) is 17.8. The first-order valence-electron chi connectivity index (χ1n) is 9.88. The van der Waals surface area contributed by atoms with Crippen molar-refractivity contribution in [3.05, 3.63) is 51.8 Å². The van der Waals surface area contributed by atoms with Gasteiger partial charge in [0.05, 0.1) is 41.5 Å². The Labute approximate surface area is 174 Å². The fourth-order valence-corrected chi connectivity index (χ4v) is 6.15. The number of hydrogen-bond donors (Lipinski definition) is 1. The minimum Gasteiger partial charge on any atom is -0.383 e. The van der Waals surface area contributed by atoms with Crippen LogP contribution in [0.15, 0.2) is 34.0 Å². The zero-order chi connectivity index (χ0) is 21.5. The lowest BCUT2D eigenvalue weighted by atomic mass is 10.2. The van der Waals surface area contributed by atoms with Crippen LogP contribution in [0.2, 0.25) is 0 Å². The molecule has 1 saturated heterocycles. The number of fused-ring (bicyclic) bond motifs is 1. The first kappa shape index (κ1) is 20.7. The Morgan fingerprint density at radius 1 is 1.27 bits per heavy atom. The van der Waals surface area contributed by atoms with Crippen LogP contribution in [0.1, 0.15) is 36.1 Å². The maximum Gasteiger partial charge on any atom is 0.261 e. The number of aryl methyl sites for hydroxylation is 2. The molecule has 1 fully saturated rings. The van der Waals surface area contributed by atoms with Gasteiger partial charge in [0, 0.05) is 13.7 Å². The molecule has 1 unspecified atom stereocenters. The molecule has 1 N–H and O–H groups in total. The summed E-state index contributed by atoms with van der Waals surface area (Å²) in [6.45, 7) is 4.36. The summed E-state index contributed by atoms with van der Waals surface area (Å²) in [6, 6.07) is 6.60. The second-order valence-electron chi connectivity index (χ2n) is 7.47. The molecule has 9 nitrogen and oxygen atoms in total. The van der Waals surface area contributed by atoms with Crippen LogP contribution in [0.4, 0.5) is 0 Å². The molecule has 1 aliphatic rings. The Morgan fingerprint density at radius 2 is 2.03 bits per heavy atom. The van der Waals surface area contributed by atoms with Crippen LogP contribution in [-0.2, 0) is 21.3 Å². The molecular weight excluding hydrogens is 406 g/mol. The number of nitrogens with zero attached hydrogens (tertiary/aromatic N) is 4. The molecule has 3 aromatic rings. The molecule has 0 bridgehead atoms. The van der Waals surface area contributed by atoms with Gasteiger partial charge in [-0.15, -0.1) is 0 Å². The predicted octanol–water partition coefficient (Wildman–Crippen LogP) is 1.91. The zero-order valence-electron chi connectivity index (χ0n) is 17.3. The Kier molecular flexibility index (Phi) is 5.48. The highest BCUT2D eigenvalue weighted by molar-refractivity contribution is 7.89. The number of hydrogen-bond acceptors (Lipinski definition) is 6. The van der Waals surface area contributed by atoms with E-state index in [1.807, 2.05) is 6.07 Å². The van der Waals surface area contributed by atoms with E-state index in [1.165, 1.54) is 4.31 Å². The number of methoxy groups -OCH3 is 1. The van der Waals surface area contributed by atoms with E-state index in [0.29, 0.717) is 60.7 Å². The topological polar surface area (TPSA) is 110 Å². The van der Waals surface area contributed by atoms with Gasteiger partial charge in [-0.1, -0.05) is 12.1 Å². The highest BCUT2D eigenvalue weighted by Gasteiger charge is 2.40. The minimum absolute atomic E-state index is 0.187. The lowest BCUT2D eigenvalue weighted by Gasteiger charge is -2.26. The van der Waals surface area contributed by atoms with Crippen LogP contribution in [0.3, 0.4) is 0 Å². The lowest BCUT2D eigenvalue weighted by molar-refractivity contribution is 0.183. The summed E-state index contributed by atoms with van der Waals surface area (Å²) >= 11 is 0. The Bertz CT molecular complexity index is 1230. The molecule has 10 heteroatoms. The number of H-pyrrole nitrogens is 1. The van der Waals surface area contributed by atoms with Gasteiger partial charge in [-0.3, -0.25) is 14.5 Å². The van der Waals surface area contributed by atoms with Crippen molar-refractivity contribution in [1.82, 2.24) is 24.1 Å². The number of aromatic amines is 1. The van der Waals surface area contributed by atoms with Crippen LogP contribution < -0.4 is 5.56 Å². The lowest BCUT2D eigenvalue weighted by Crippen LogP contribution is -2.36. The van der Waals surface area contributed by atoms with E-state index >= 15 is 0 Å². The molecule has 3 heterocycles. The fraction of sp³-hybridized carbons (Fsp3) is 0.450. The first-order valence-corrected chi connectivity index (χ1v) is 11.3. The van der Waals surface area contributed by atoms with E-state index in [1.54, 1.807) is 43.7 Å². The second kappa shape index (κ2) is 7.93. The summed E-state index contributed by atoms with van der Waals surface area (Å²) in [7, 11) is -2.24. The van der Waals surface area contributed by atoms with Gasteiger partial charge in [-0.05, 0) is 38.8 Å². The second-order valence-corrected chi connectivity index (χ2v) is 9.30. The summed E-state index contributed by atoms with van der Waals surface area (Å²) < 4.78 is 35.2. The third kappa shape index (κ3) is 3.34. The van der Waals surface area contributed by atoms with Crippen LogP contribution in [0.5, 0.6) is 0 Å². The Hall–Kier alpha value is -2.56. The van der Waals surface area contributed by atoms with Crippen LogP contribution in [0, 0.1) is 13.8 Å². The summed E-state index contributed by atoms with van der Waals surface area (Å²) in [5.41, 5.74) is 1.31. The quantitative estimate of drug-likeness (QED) is 0.638. The molecule has 0 radical (unpaired) electrons. The average molecular weight is 432 g/mol. The van der Waals surface area contributed by atoms with Crippen LogP contribution in [-0.4, -0.2) is 52.7 Å². The van der Waals surface area contributed by atoms with Gasteiger partial charge in [0.15, 0.2) is 0 Å². The van der Waals surface area contributed by atoms with Gasteiger partial charge < -0.3 is 4.74 Å². The molecule has 0 saturated carbocycles. The third-order valence-electron chi connectivity index (χ3n) is 5.54. The fourth-order valence-electron chi connectivity index (χ4n) is 4.16. The van der Waals surface area contributed by atoms with Crippen LogP contribution >= 0.6 is 0 Å². The molecule has 1 aromatic carbocycles. The van der Waals surface area contributed by atoms with E-state index in [0.717, 1.165) is 0 Å². The monoisotopic (exact) mass is 431 g/mol. The smallest absolute Gasteiger partial charge is 0.261 e. The van der Waals surface area contributed by atoms with Crippen molar-refractivity contribution in [2.45, 2.75) is 44.2 Å². The van der Waals surface area contributed by atoms with Crippen molar-refractivity contribution >= 4 is 20.9 Å². The van der Waals surface area contributed by atoms with E-state index in [-0.39, 0.29) is 10.5 Å². The van der Waals surface area contributed by atoms with Gasteiger partial charge in [0.25, 0.3) is 5.56 Å². The molecule has 0 spiro atoms. The standard InChI is InChI=1S/C20H25N5O4S/c1-13-18(14(2)23-22-13)30(27,28)25-10-6-9-17(25)19-21-16-8-5-4-7-15(16)20(26)24(19)11-12-29-3/h4-5,7-8,17H,6,9-12H2,1-3H3,(H,22,23). The maximum absolute atomic E-state index is 13.5. The van der Waals surface area contributed by atoms with Gasteiger partial charge in [-0.2, -0.15) is 9.40 Å². The number of benzene rings is 1. The molecule has 2 aromatic heterocycles. The molecule has 0 aliphatic carbocycles. The van der Waals surface area contributed by atoms with Crippen molar-refractivity contribution in [2.75, 3.05) is 20.3 Å². The van der Waals surface area contributed by atoms with Crippen molar-refractivity contribution < 1.29 is 13.2 Å². The third-order valence-corrected chi connectivity index (χ3v) is 7.71. The Balaban J connectivity index is 1.87. The summed E-state index contributed by atoms with van der Waals surface area (Å²) in [5.74, 6) is 0.454. The summed E-state index contributed by atoms with van der Waals surface area (Å²) in [4.78, 5) is 18.1. The van der Waals surface area contributed by atoms with Gasteiger partial charge in [-0.25, -0.2) is 13.4 Å². The molecule has 4 rings (SSSR count). The first-order chi connectivity index (χ1) is 14.4. The van der Waals surface area contributed by atoms with Crippen molar-refractivity contribution in [1.29, 1.82) is 0 Å². The SMILES string of the molecule is COCCn1c(C2CCCN2S(=O)(=O)c2c(C)n[nH]c2C)nc2ccccc2c1=O. The van der Waals surface area contributed by atoms with E-state index in [2.05, 4.69) is 10.2 Å². The highest BCUT2D eigenvalue weighted by atomic mass is 32.2. The van der Waals surface area contributed by atoms with Crippen LogP contribution in [0.25, 0.3) is 10.9 Å².